The van der Waals surface area contributed by atoms with Crippen LogP contribution in [0.25, 0.3) is 45.0 Å². The van der Waals surface area contributed by atoms with Crippen molar-refractivity contribution in [1.82, 2.24) is 45.4 Å². The second kappa shape index (κ2) is 20.4. The van der Waals surface area contributed by atoms with Crippen molar-refractivity contribution in [3.05, 3.63) is 131 Å². The van der Waals surface area contributed by atoms with E-state index in [4.69, 9.17) is 24.2 Å². The largest absolute Gasteiger partial charge is 0.453 e. The Balaban J connectivity index is 0.000000141. The smallest absolute Gasteiger partial charge is 0.410 e. The maximum absolute atomic E-state index is 12.9. The molecule has 15 nitrogen and oxygen atoms in total. The number of carbonyl (C=O) groups is 1. The molecule has 4 aromatic carbocycles. The zero-order valence-electron chi connectivity index (χ0n) is 46.9. The summed E-state index contributed by atoms with van der Waals surface area (Å²) in [6.45, 7) is 10.5. The summed E-state index contributed by atoms with van der Waals surface area (Å²) in [6, 6.07) is 31.7. The van der Waals surface area contributed by atoms with Gasteiger partial charge in [0.05, 0.1) is 58.6 Å². The van der Waals surface area contributed by atoms with Crippen molar-refractivity contribution in [3.63, 3.8) is 0 Å². The van der Waals surface area contributed by atoms with Crippen LogP contribution in [0, 0.1) is 0 Å². The highest BCUT2D eigenvalue weighted by molar-refractivity contribution is 5.87. The van der Waals surface area contributed by atoms with Gasteiger partial charge in [-0.15, -0.1) is 0 Å². The summed E-state index contributed by atoms with van der Waals surface area (Å²) < 4.78 is 19.0. The number of H-pyrrole nitrogens is 4. The van der Waals surface area contributed by atoms with Crippen LogP contribution < -0.4 is 29.9 Å². The highest BCUT2D eigenvalue weighted by atomic mass is 16.6. The third-order valence-corrected chi connectivity index (χ3v) is 18.1. The maximum Gasteiger partial charge on any atom is 0.410 e. The Morgan fingerprint density at radius 1 is 0.531 bits per heavy atom. The zero-order valence-corrected chi connectivity index (χ0v) is 46.9. The normalized spacial score (nSPS) is 20.7. The molecule has 0 unspecified atom stereocenters. The topological polar surface area (TPSA) is 167 Å². The van der Waals surface area contributed by atoms with Crippen molar-refractivity contribution in [2.75, 3.05) is 42.5 Å². The minimum atomic E-state index is -0.532. The highest BCUT2D eigenvalue weighted by Crippen LogP contribution is 2.54. The first-order chi connectivity index (χ1) is 39.6. The average Bonchev–Trinajstić information content (AvgIpc) is 4.51. The number of carbonyl (C=O) groups excluding carboxylic acids is 1. The molecule has 1 amide bonds. The number of likely N-dealkylation sites (tertiary alicyclic amines) is 1. The molecule has 6 N–H and O–H groups in total. The predicted octanol–water partition coefficient (Wildman–Crippen LogP) is 15.1. The van der Waals surface area contributed by atoms with Gasteiger partial charge in [0, 0.05) is 70.7 Å². The second-order valence-electron chi connectivity index (χ2n) is 24.7. The van der Waals surface area contributed by atoms with Crippen molar-refractivity contribution in [2.45, 2.75) is 140 Å². The Morgan fingerprint density at radius 3 is 1.68 bits per heavy atom. The van der Waals surface area contributed by atoms with Gasteiger partial charge in [0.25, 0.3) is 0 Å². The molecular formula is C66H73N11O4. The van der Waals surface area contributed by atoms with E-state index in [1.54, 1.807) is 4.90 Å². The SMILES string of the molecule is CC(C)(C)OC(=O)N1CCC[C@H]1c1ncc(-c2cc3c4c(c2)Oc2cc(-c5ccc(C6CCCC6)[nH]5)ccc2N4CCC3)[nH]1.c1cc2c(cc1-c1ccc([C@@H]3CCCN3)[nH]1)Oc1cc(-c3cnc([C@@H]4CCCN4)[nH]3)cc3c1N2CCC3. The van der Waals surface area contributed by atoms with E-state index in [0.29, 0.717) is 24.5 Å². The molecule has 4 fully saturated rings. The van der Waals surface area contributed by atoms with Gasteiger partial charge in [-0.1, -0.05) is 25.0 Å². The number of ether oxygens (including phenoxy) is 3. The molecule has 7 aliphatic heterocycles. The van der Waals surface area contributed by atoms with Crippen molar-refractivity contribution in [1.29, 1.82) is 0 Å². The molecule has 0 radical (unpaired) electrons. The van der Waals surface area contributed by atoms with E-state index in [2.05, 4.69) is 125 Å². The van der Waals surface area contributed by atoms with Crippen molar-refractivity contribution in [2.24, 2.45) is 0 Å². The van der Waals surface area contributed by atoms with Gasteiger partial charge in [-0.05, 0) is 201 Å². The number of benzene rings is 4. The first kappa shape index (κ1) is 50.2. The fourth-order valence-electron chi connectivity index (χ4n) is 14.2. The summed E-state index contributed by atoms with van der Waals surface area (Å²) in [4.78, 5) is 43.5. The van der Waals surface area contributed by atoms with E-state index < -0.39 is 5.60 Å². The summed E-state index contributed by atoms with van der Waals surface area (Å²) in [5.74, 6) is 6.13. The molecule has 0 spiro atoms. The summed E-state index contributed by atoms with van der Waals surface area (Å²) in [5, 5.41) is 7.13. The molecule has 0 bridgehead atoms. The second-order valence-corrected chi connectivity index (χ2v) is 24.7. The number of imidazole rings is 2. The summed E-state index contributed by atoms with van der Waals surface area (Å²) >= 11 is 0. The van der Waals surface area contributed by atoms with Gasteiger partial charge in [0.2, 0.25) is 0 Å². The van der Waals surface area contributed by atoms with Crippen LogP contribution in [0.4, 0.5) is 27.5 Å². The number of hydrogen-bond donors (Lipinski definition) is 6. The van der Waals surface area contributed by atoms with Crippen LogP contribution in [0.3, 0.4) is 0 Å². The molecule has 8 aliphatic rings. The molecular weight excluding hydrogens is 1010 g/mol. The fraction of sp³-hybridized carbons (Fsp3) is 0.409. The van der Waals surface area contributed by atoms with Crippen LogP contribution in [-0.2, 0) is 17.6 Å². The summed E-state index contributed by atoms with van der Waals surface area (Å²) in [5.41, 5.74) is 18.2. The summed E-state index contributed by atoms with van der Waals surface area (Å²) in [7, 11) is 0. The van der Waals surface area contributed by atoms with E-state index in [9.17, 15) is 4.79 Å². The Morgan fingerprint density at radius 2 is 1.09 bits per heavy atom. The number of aromatic nitrogens is 6. The van der Waals surface area contributed by atoms with Gasteiger partial charge in [0.1, 0.15) is 17.2 Å². The molecule has 3 saturated heterocycles. The first-order valence-electron chi connectivity index (χ1n) is 30.1. The van der Waals surface area contributed by atoms with Crippen LogP contribution in [0.15, 0.2) is 97.3 Å². The number of anilines is 4. The van der Waals surface area contributed by atoms with Crippen LogP contribution in [0.1, 0.15) is 156 Å². The maximum atomic E-state index is 12.9. The summed E-state index contributed by atoms with van der Waals surface area (Å²) in [6.07, 6.45) is 19.7. The highest BCUT2D eigenvalue weighted by Gasteiger charge is 2.37. The average molecular weight is 1080 g/mol. The number of aryl methyl sites for hydroxylation is 2. The predicted molar refractivity (Wildman–Crippen MR) is 317 cm³/mol. The van der Waals surface area contributed by atoms with Gasteiger partial charge in [0.15, 0.2) is 23.0 Å². The molecule has 4 aromatic heterocycles. The fourth-order valence-corrected chi connectivity index (χ4v) is 14.2. The number of amides is 1. The van der Waals surface area contributed by atoms with E-state index in [1.165, 1.54) is 78.8 Å². The minimum absolute atomic E-state index is 0.117. The molecule has 8 aromatic rings. The van der Waals surface area contributed by atoms with E-state index in [1.807, 2.05) is 33.2 Å². The van der Waals surface area contributed by atoms with E-state index in [0.717, 1.165) is 162 Å². The molecule has 1 saturated carbocycles. The Kier molecular flexibility index (Phi) is 12.6. The first-order valence-corrected chi connectivity index (χ1v) is 30.1. The number of nitrogens with one attached hydrogen (secondary N) is 6. The number of aromatic amines is 4. The lowest BCUT2D eigenvalue weighted by Crippen LogP contribution is -2.36. The minimum Gasteiger partial charge on any atom is -0.453 e. The lowest BCUT2D eigenvalue weighted by molar-refractivity contribution is 0.0218. The van der Waals surface area contributed by atoms with Gasteiger partial charge >= 0.3 is 6.09 Å². The quantitative estimate of drug-likeness (QED) is 0.0862. The van der Waals surface area contributed by atoms with Crippen LogP contribution in [0.5, 0.6) is 23.0 Å². The monoisotopic (exact) mass is 1080 g/mol. The Bertz CT molecular complexity index is 3670. The molecule has 11 heterocycles. The molecule has 1 aliphatic carbocycles. The van der Waals surface area contributed by atoms with Crippen LogP contribution in [-0.4, -0.2) is 79.2 Å². The van der Waals surface area contributed by atoms with Gasteiger partial charge in [-0.3, -0.25) is 4.90 Å². The number of rotatable bonds is 8. The van der Waals surface area contributed by atoms with Crippen LogP contribution in [0.2, 0.25) is 0 Å². The molecule has 81 heavy (non-hydrogen) atoms. The number of hydrogen-bond acceptors (Lipinski definition) is 10. The Hall–Kier alpha value is -7.75. The van der Waals surface area contributed by atoms with E-state index in [-0.39, 0.29) is 12.1 Å². The number of nitrogens with zero attached hydrogens (tertiary/aromatic N) is 5. The Labute approximate surface area is 473 Å². The van der Waals surface area contributed by atoms with Crippen molar-refractivity contribution in [3.8, 4) is 68.0 Å². The zero-order chi connectivity index (χ0) is 54.3. The van der Waals surface area contributed by atoms with Crippen molar-refractivity contribution >= 4 is 28.8 Å². The number of fused-ring (bicyclic) bond motifs is 4. The third kappa shape index (κ3) is 9.45. The van der Waals surface area contributed by atoms with E-state index >= 15 is 0 Å². The molecule has 16 rings (SSSR count). The molecule has 3 atom stereocenters. The van der Waals surface area contributed by atoms with Crippen LogP contribution >= 0.6 is 0 Å². The van der Waals surface area contributed by atoms with Gasteiger partial charge in [-0.25, -0.2) is 14.8 Å². The van der Waals surface area contributed by atoms with Crippen molar-refractivity contribution < 1.29 is 19.0 Å². The van der Waals surface area contributed by atoms with Gasteiger partial charge < -0.3 is 54.6 Å². The lowest BCUT2D eigenvalue weighted by atomic mass is 9.95. The lowest BCUT2D eigenvalue weighted by Gasteiger charge is -2.37. The third-order valence-electron chi connectivity index (χ3n) is 18.1. The molecule has 416 valence electrons. The molecule has 15 heteroatoms. The van der Waals surface area contributed by atoms with Gasteiger partial charge in [-0.2, -0.15) is 0 Å². The standard InChI is InChI=1S/C36H41N5O3.C30H32N6O/c1-36(2,3)44-35(42)41-17-7-11-30(41)34-37-21-28(39-34)25-18-24-10-6-16-40-29-15-12-23(19-31(29)43-32(20-25)33(24)40)27-14-13-26(38-27)22-8-4-5-9-22;1-5-22(31-11-1)23-9-8-21(34-23)18-7-10-26-27(15-18)37-28-16-20(14-19-4-3-13-36(26)29(19)28)25-17-33-30(35-25)24-6-2-12-32-24/h12-15,18-22,30,38H,4-11,16-17H2,1-3H3,(H,37,39);7-10,14-17,22,24,31-32,34H,1-6,11-13H2,(H,33,35)/t30-;22-,24-/m00/s1.